The van der Waals surface area contributed by atoms with E-state index in [0.717, 1.165) is 0 Å². The zero-order valence-corrected chi connectivity index (χ0v) is 16.7. The van der Waals surface area contributed by atoms with Gasteiger partial charge in [0.1, 0.15) is 0 Å². The molecule has 0 aromatic heterocycles. The smallest absolute Gasteiger partial charge is 0.338 e. The maximum absolute atomic E-state index is 12.2. The highest BCUT2D eigenvalue weighted by atomic mass is 32.2. The zero-order valence-electron chi connectivity index (χ0n) is 15.9. The third-order valence-corrected chi connectivity index (χ3v) is 5.13. The molecule has 0 fully saturated rings. The van der Waals surface area contributed by atoms with Crippen molar-refractivity contribution in [1.82, 2.24) is 9.62 Å². The van der Waals surface area contributed by atoms with E-state index in [-0.39, 0.29) is 48.0 Å². The van der Waals surface area contributed by atoms with Crippen molar-refractivity contribution in [3.8, 4) is 6.07 Å². The van der Waals surface area contributed by atoms with Gasteiger partial charge in [0.2, 0.25) is 10.0 Å². The quantitative estimate of drug-likeness (QED) is 0.502. The molecule has 1 rings (SSSR count). The van der Waals surface area contributed by atoms with E-state index in [0.29, 0.717) is 0 Å². The third-order valence-electron chi connectivity index (χ3n) is 3.66. The molecular formula is C18H25N3O5S. The molecular weight excluding hydrogens is 370 g/mol. The third kappa shape index (κ3) is 6.66. The fourth-order valence-corrected chi connectivity index (χ4v) is 3.58. The van der Waals surface area contributed by atoms with Gasteiger partial charge in [0, 0.05) is 25.0 Å². The summed E-state index contributed by atoms with van der Waals surface area (Å²) in [6, 6.07) is 6.96. The molecule has 0 heterocycles. The van der Waals surface area contributed by atoms with E-state index in [1.807, 2.05) is 33.8 Å². The first-order valence-corrected chi connectivity index (χ1v) is 10.0. The molecule has 9 heteroatoms. The number of hydrogen-bond donors (Lipinski definition) is 1. The highest BCUT2D eigenvalue weighted by molar-refractivity contribution is 7.89. The Bertz CT molecular complexity index is 787. The first-order chi connectivity index (χ1) is 12.6. The van der Waals surface area contributed by atoms with E-state index in [4.69, 9.17) is 10.00 Å². The second-order valence-electron chi connectivity index (χ2n) is 6.39. The number of amides is 1. The van der Waals surface area contributed by atoms with Gasteiger partial charge >= 0.3 is 5.97 Å². The molecule has 0 aliphatic rings. The summed E-state index contributed by atoms with van der Waals surface area (Å²) in [5.74, 6) is -1.01. The lowest BCUT2D eigenvalue weighted by atomic mass is 10.2. The summed E-state index contributed by atoms with van der Waals surface area (Å²) in [7, 11) is -3.75. The van der Waals surface area contributed by atoms with Crippen LogP contribution < -0.4 is 4.72 Å². The van der Waals surface area contributed by atoms with Crippen LogP contribution in [0.5, 0.6) is 0 Å². The summed E-state index contributed by atoms with van der Waals surface area (Å²) in [4.78, 5) is 25.9. The molecule has 1 N–H and O–H groups in total. The second-order valence-corrected chi connectivity index (χ2v) is 8.16. The van der Waals surface area contributed by atoms with E-state index in [9.17, 15) is 18.0 Å². The minimum atomic E-state index is -3.75. The molecule has 1 aromatic carbocycles. The van der Waals surface area contributed by atoms with E-state index >= 15 is 0 Å². The molecule has 27 heavy (non-hydrogen) atoms. The Morgan fingerprint density at radius 2 is 1.70 bits per heavy atom. The van der Waals surface area contributed by atoms with Gasteiger partial charge in [-0.1, -0.05) is 0 Å². The lowest BCUT2D eigenvalue weighted by Crippen LogP contribution is -2.44. The standard InChI is InChI=1S/C18H25N3O5S/c1-13(2)21(14(3)4)17(22)12-26-18(23)15-6-8-16(9-7-15)27(24,25)20-11-5-10-19/h6-9,13-14,20H,5,11-12H2,1-4H3. The van der Waals surface area contributed by atoms with E-state index in [2.05, 4.69) is 4.72 Å². The second kappa shape index (κ2) is 10.0. The van der Waals surface area contributed by atoms with Crippen LogP contribution >= 0.6 is 0 Å². The Balaban J connectivity index is 2.72. The van der Waals surface area contributed by atoms with Crippen LogP contribution in [0.1, 0.15) is 44.5 Å². The van der Waals surface area contributed by atoms with Crippen LogP contribution in [-0.2, 0) is 19.6 Å². The van der Waals surface area contributed by atoms with Gasteiger partial charge in [0.15, 0.2) is 6.61 Å². The highest BCUT2D eigenvalue weighted by Gasteiger charge is 2.22. The molecule has 0 radical (unpaired) electrons. The first kappa shape index (κ1) is 22.6. The molecule has 1 amide bonds. The Kier molecular flexibility index (Phi) is 8.40. The largest absolute Gasteiger partial charge is 0.452 e. The summed E-state index contributed by atoms with van der Waals surface area (Å²) in [6.45, 7) is 7.14. The molecule has 8 nitrogen and oxygen atoms in total. The molecule has 0 saturated heterocycles. The first-order valence-electron chi connectivity index (χ1n) is 8.55. The molecule has 0 bridgehead atoms. The summed E-state index contributed by atoms with van der Waals surface area (Å²) < 4.78 is 31.4. The molecule has 0 aliphatic heterocycles. The van der Waals surface area contributed by atoms with Gasteiger partial charge in [-0.15, -0.1) is 0 Å². The number of sulfonamides is 1. The Hall–Kier alpha value is -2.44. The SMILES string of the molecule is CC(C)N(C(=O)COC(=O)c1ccc(S(=O)(=O)NCCC#N)cc1)C(C)C. The molecule has 148 valence electrons. The van der Waals surface area contributed by atoms with Crippen molar-refractivity contribution in [2.75, 3.05) is 13.2 Å². The summed E-state index contributed by atoms with van der Waals surface area (Å²) in [5.41, 5.74) is 0.138. The van der Waals surface area contributed by atoms with Crippen molar-refractivity contribution in [1.29, 1.82) is 5.26 Å². The van der Waals surface area contributed by atoms with Gasteiger partial charge in [-0.05, 0) is 52.0 Å². The lowest BCUT2D eigenvalue weighted by molar-refractivity contribution is -0.138. The van der Waals surface area contributed by atoms with E-state index in [1.165, 1.54) is 24.3 Å². The monoisotopic (exact) mass is 395 g/mol. The van der Waals surface area contributed by atoms with Crippen molar-refractivity contribution in [3.05, 3.63) is 29.8 Å². The number of hydrogen-bond acceptors (Lipinski definition) is 6. The van der Waals surface area contributed by atoms with Crippen LogP contribution in [0.15, 0.2) is 29.2 Å². The van der Waals surface area contributed by atoms with Crippen LogP contribution in [0.4, 0.5) is 0 Å². The fourth-order valence-electron chi connectivity index (χ4n) is 2.55. The Labute approximate surface area is 160 Å². The number of nitrogens with zero attached hydrogens (tertiary/aromatic N) is 2. The van der Waals surface area contributed by atoms with E-state index < -0.39 is 16.0 Å². The molecule has 0 aliphatic carbocycles. The Morgan fingerprint density at radius 1 is 1.15 bits per heavy atom. The van der Waals surface area contributed by atoms with Crippen LogP contribution in [0.3, 0.4) is 0 Å². The maximum Gasteiger partial charge on any atom is 0.338 e. The normalized spacial score (nSPS) is 11.3. The van der Waals surface area contributed by atoms with Gasteiger partial charge in [-0.2, -0.15) is 5.26 Å². The topological polar surface area (TPSA) is 117 Å². The fraction of sp³-hybridized carbons (Fsp3) is 0.500. The van der Waals surface area contributed by atoms with E-state index in [1.54, 1.807) is 4.90 Å². The molecule has 1 aromatic rings. The van der Waals surface area contributed by atoms with Crippen molar-refractivity contribution >= 4 is 21.9 Å². The predicted molar refractivity (Wildman–Crippen MR) is 99.3 cm³/mol. The average Bonchev–Trinajstić information content (AvgIpc) is 2.59. The minimum Gasteiger partial charge on any atom is -0.452 e. The molecule has 0 atom stereocenters. The summed E-state index contributed by atoms with van der Waals surface area (Å²) in [5, 5.41) is 8.45. The number of ether oxygens (including phenoxy) is 1. The number of esters is 1. The molecule has 0 unspecified atom stereocenters. The maximum atomic E-state index is 12.2. The Morgan fingerprint density at radius 3 is 2.19 bits per heavy atom. The average molecular weight is 395 g/mol. The van der Waals surface area contributed by atoms with Gasteiger partial charge in [0.25, 0.3) is 5.91 Å². The highest BCUT2D eigenvalue weighted by Crippen LogP contribution is 2.12. The van der Waals surface area contributed by atoms with Gasteiger partial charge in [0.05, 0.1) is 16.5 Å². The number of carbonyl (C=O) groups is 2. The molecule has 0 saturated carbocycles. The number of nitriles is 1. The number of nitrogens with one attached hydrogen (secondary N) is 1. The molecule has 0 spiro atoms. The number of carbonyl (C=O) groups excluding carboxylic acids is 2. The number of rotatable bonds is 9. The van der Waals surface area contributed by atoms with Crippen molar-refractivity contribution in [3.63, 3.8) is 0 Å². The van der Waals surface area contributed by atoms with Crippen molar-refractivity contribution in [2.24, 2.45) is 0 Å². The lowest BCUT2D eigenvalue weighted by Gasteiger charge is -2.30. The summed E-state index contributed by atoms with van der Waals surface area (Å²) >= 11 is 0. The minimum absolute atomic E-state index is 0.00689. The van der Waals surface area contributed by atoms with Crippen LogP contribution in [0.2, 0.25) is 0 Å². The van der Waals surface area contributed by atoms with Crippen LogP contribution in [-0.4, -0.2) is 50.4 Å². The van der Waals surface area contributed by atoms with Crippen molar-refractivity contribution in [2.45, 2.75) is 51.1 Å². The van der Waals surface area contributed by atoms with Gasteiger partial charge < -0.3 is 9.64 Å². The zero-order chi connectivity index (χ0) is 20.6. The predicted octanol–water partition coefficient (Wildman–Crippen LogP) is 1.68. The van der Waals surface area contributed by atoms with Crippen molar-refractivity contribution < 1.29 is 22.7 Å². The van der Waals surface area contributed by atoms with Crippen LogP contribution in [0.25, 0.3) is 0 Å². The van der Waals surface area contributed by atoms with Gasteiger partial charge in [-0.25, -0.2) is 17.9 Å². The van der Waals surface area contributed by atoms with Crippen LogP contribution in [0, 0.1) is 11.3 Å². The summed E-state index contributed by atoms with van der Waals surface area (Å²) in [6.07, 6.45) is 0.0570. The van der Waals surface area contributed by atoms with Gasteiger partial charge in [-0.3, -0.25) is 4.79 Å². The number of benzene rings is 1.